The van der Waals surface area contributed by atoms with Gasteiger partial charge in [0.15, 0.2) is 0 Å². The van der Waals surface area contributed by atoms with Gasteiger partial charge in [0.2, 0.25) is 5.91 Å². The first-order valence-electron chi connectivity index (χ1n) is 10.2. The van der Waals surface area contributed by atoms with Crippen molar-refractivity contribution in [3.05, 3.63) is 52.7 Å². The van der Waals surface area contributed by atoms with Gasteiger partial charge in [-0.15, -0.1) is 0 Å². The highest BCUT2D eigenvalue weighted by molar-refractivity contribution is 8.00. The Labute approximate surface area is 171 Å². The highest BCUT2D eigenvalue weighted by Gasteiger charge is 2.28. The van der Waals surface area contributed by atoms with Crippen molar-refractivity contribution in [1.29, 1.82) is 5.26 Å². The van der Waals surface area contributed by atoms with Gasteiger partial charge in [-0.2, -0.15) is 5.26 Å². The summed E-state index contributed by atoms with van der Waals surface area (Å²) in [6.07, 6.45) is 7.50. The maximum absolute atomic E-state index is 13.2. The molecule has 4 rings (SSSR count). The summed E-state index contributed by atoms with van der Waals surface area (Å²) in [7, 11) is 0. The summed E-state index contributed by atoms with van der Waals surface area (Å²) in [5.74, 6) is 0.0952. The Kier molecular flexibility index (Phi) is 5.68. The minimum atomic E-state index is -0.283. The lowest BCUT2D eigenvalue weighted by Crippen LogP contribution is -2.40. The lowest BCUT2D eigenvalue weighted by molar-refractivity contribution is -0.117. The van der Waals surface area contributed by atoms with Crippen molar-refractivity contribution in [3.8, 4) is 6.07 Å². The first-order chi connectivity index (χ1) is 13.7. The zero-order chi connectivity index (χ0) is 19.5. The Morgan fingerprint density at radius 2 is 1.93 bits per heavy atom. The summed E-state index contributed by atoms with van der Waals surface area (Å²) in [5.41, 5.74) is 5.19. The Balaban J connectivity index is 1.57. The molecule has 5 heteroatoms. The van der Waals surface area contributed by atoms with Crippen LogP contribution in [0.5, 0.6) is 0 Å². The second-order valence-corrected chi connectivity index (χ2v) is 8.93. The molecule has 4 nitrogen and oxygen atoms in total. The van der Waals surface area contributed by atoms with Gasteiger partial charge in [0.05, 0.1) is 10.8 Å². The molecule has 0 bridgehead atoms. The van der Waals surface area contributed by atoms with Crippen molar-refractivity contribution in [1.82, 2.24) is 4.98 Å². The summed E-state index contributed by atoms with van der Waals surface area (Å²) in [6, 6.07) is 12.5. The van der Waals surface area contributed by atoms with Crippen LogP contribution in [0.2, 0.25) is 0 Å². The predicted octanol–water partition coefficient (Wildman–Crippen LogP) is 4.68. The number of para-hydroxylation sites is 1. The molecular formula is C23H25N3OS. The lowest BCUT2D eigenvalue weighted by Gasteiger charge is -2.31. The molecule has 1 unspecified atom stereocenters. The number of aryl methyl sites for hydroxylation is 3. The maximum Gasteiger partial charge on any atom is 0.240 e. The van der Waals surface area contributed by atoms with Crippen molar-refractivity contribution < 1.29 is 4.79 Å². The molecular weight excluding hydrogens is 366 g/mol. The molecule has 28 heavy (non-hydrogen) atoms. The van der Waals surface area contributed by atoms with Gasteiger partial charge in [-0.1, -0.05) is 36.4 Å². The number of hydrogen-bond acceptors (Lipinski definition) is 4. The molecule has 1 atom stereocenters. The highest BCUT2D eigenvalue weighted by atomic mass is 32.2. The highest BCUT2D eigenvalue weighted by Crippen LogP contribution is 2.33. The Hall–Kier alpha value is -2.32. The van der Waals surface area contributed by atoms with Crippen LogP contribution in [0.4, 0.5) is 5.69 Å². The number of carbonyl (C=O) groups is 1. The van der Waals surface area contributed by atoms with E-state index >= 15 is 0 Å². The van der Waals surface area contributed by atoms with Crippen LogP contribution in [0.3, 0.4) is 0 Å². The first kappa shape index (κ1) is 19.0. The Bertz CT molecular complexity index is 934. The fraction of sp³-hybridized carbons (Fsp3) is 0.435. The summed E-state index contributed by atoms with van der Waals surface area (Å²) in [6.45, 7) is 2.68. The number of carbonyl (C=O) groups excluding carboxylic acids is 1. The van der Waals surface area contributed by atoms with E-state index in [0.29, 0.717) is 10.6 Å². The largest absolute Gasteiger partial charge is 0.311 e. The van der Waals surface area contributed by atoms with E-state index in [0.717, 1.165) is 56.5 Å². The maximum atomic E-state index is 13.2. The third-order valence-electron chi connectivity index (χ3n) is 5.65. The van der Waals surface area contributed by atoms with Gasteiger partial charge in [0.25, 0.3) is 0 Å². The van der Waals surface area contributed by atoms with Crippen LogP contribution >= 0.6 is 11.8 Å². The molecule has 2 aromatic rings. The number of thioether (sulfide) groups is 1. The molecule has 0 fully saturated rings. The predicted molar refractivity (Wildman–Crippen MR) is 113 cm³/mol. The van der Waals surface area contributed by atoms with Crippen molar-refractivity contribution in [2.75, 3.05) is 11.4 Å². The normalized spacial score (nSPS) is 17.1. The minimum Gasteiger partial charge on any atom is -0.311 e. The topological polar surface area (TPSA) is 57.0 Å². The average Bonchev–Trinajstić information content (AvgIpc) is 2.97. The molecule has 0 N–H and O–H groups in total. The summed E-state index contributed by atoms with van der Waals surface area (Å²) >= 11 is 1.43. The molecule has 1 amide bonds. The monoisotopic (exact) mass is 391 g/mol. The van der Waals surface area contributed by atoms with Gasteiger partial charge < -0.3 is 4.90 Å². The SMILES string of the molecule is CC(Sc1nc2c(cc1C#N)CCCCC2)C(=O)N1CCCc2ccccc21. The molecule has 2 aliphatic rings. The molecule has 0 spiro atoms. The molecule has 2 heterocycles. The van der Waals surface area contributed by atoms with Crippen LogP contribution < -0.4 is 4.90 Å². The number of nitrogens with zero attached hydrogens (tertiary/aromatic N) is 3. The van der Waals surface area contributed by atoms with Crippen molar-refractivity contribution >= 4 is 23.4 Å². The molecule has 1 aromatic carbocycles. The van der Waals surface area contributed by atoms with E-state index in [1.807, 2.05) is 36.1 Å². The molecule has 1 aromatic heterocycles. The Morgan fingerprint density at radius 1 is 1.14 bits per heavy atom. The number of pyridine rings is 1. The standard InChI is InChI=1S/C23H25N3OS/c1-16(23(27)26-13-7-10-17-8-5-6-12-21(17)26)28-22-19(15-24)14-18-9-3-2-4-11-20(18)25-22/h5-6,8,12,14,16H,2-4,7,9-11,13H2,1H3. The van der Waals surface area contributed by atoms with Gasteiger partial charge in [-0.05, 0) is 68.7 Å². The van der Waals surface area contributed by atoms with Crippen molar-refractivity contribution in [2.24, 2.45) is 0 Å². The van der Waals surface area contributed by atoms with Crippen LogP contribution in [0, 0.1) is 11.3 Å². The number of aromatic nitrogens is 1. The van der Waals surface area contributed by atoms with Gasteiger partial charge in [-0.3, -0.25) is 4.79 Å². The van der Waals surface area contributed by atoms with E-state index in [2.05, 4.69) is 12.1 Å². The summed E-state index contributed by atoms with van der Waals surface area (Å²) < 4.78 is 0. The third kappa shape index (κ3) is 3.79. The smallest absolute Gasteiger partial charge is 0.240 e. The number of anilines is 1. The molecule has 144 valence electrons. The fourth-order valence-electron chi connectivity index (χ4n) is 4.16. The molecule has 0 radical (unpaired) electrons. The third-order valence-corrected chi connectivity index (χ3v) is 6.74. The van der Waals surface area contributed by atoms with Crippen LogP contribution in [-0.2, 0) is 24.1 Å². The fourth-order valence-corrected chi connectivity index (χ4v) is 5.12. The average molecular weight is 392 g/mol. The van der Waals surface area contributed by atoms with Gasteiger partial charge in [0.1, 0.15) is 11.1 Å². The van der Waals surface area contributed by atoms with Crippen LogP contribution in [0.25, 0.3) is 0 Å². The second kappa shape index (κ2) is 8.36. The molecule has 1 aliphatic heterocycles. The zero-order valence-corrected chi connectivity index (χ0v) is 17.1. The van der Waals surface area contributed by atoms with Crippen molar-refractivity contribution in [2.45, 2.75) is 62.1 Å². The quantitative estimate of drug-likeness (QED) is 0.563. The first-order valence-corrected chi connectivity index (χ1v) is 11.0. The molecule has 1 aliphatic carbocycles. The van der Waals surface area contributed by atoms with E-state index < -0.39 is 0 Å². The number of fused-ring (bicyclic) bond motifs is 2. The van der Waals surface area contributed by atoms with E-state index in [1.54, 1.807) is 0 Å². The van der Waals surface area contributed by atoms with E-state index in [-0.39, 0.29) is 11.2 Å². The van der Waals surface area contributed by atoms with Crippen LogP contribution in [-0.4, -0.2) is 22.7 Å². The number of benzene rings is 1. The van der Waals surface area contributed by atoms with Crippen molar-refractivity contribution in [3.63, 3.8) is 0 Å². The number of nitriles is 1. The molecule has 0 saturated heterocycles. The summed E-state index contributed by atoms with van der Waals surface area (Å²) in [5, 5.41) is 10.0. The minimum absolute atomic E-state index is 0.0952. The van der Waals surface area contributed by atoms with Gasteiger partial charge in [-0.25, -0.2) is 4.98 Å². The van der Waals surface area contributed by atoms with Crippen LogP contribution in [0.1, 0.15) is 55.0 Å². The Morgan fingerprint density at radius 3 is 2.79 bits per heavy atom. The van der Waals surface area contributed by atoms with Crippen LogP contribution in [0.15, 0.2) is 35.4 Å². The number of rotatable bonds is 3. The molecule has 0 saturated carbocycles. The zero-order valence-electron chi connectivity index (χ0n) is 16.3. The second-order valence-electron chi connectivity index (χ2n) is 7.60. The van der Waals surface area contributed by atoms with E-state index in [4.69, 9.17) is 4.98 Å². The lowest BCUT2D eigenvalue weighted by atomic mass is 10.0. The summed E-state index contributed by atoms with van der Waals surface area (Å²) in [4.78, 5) is 19.9. The number of amides is 1. The van der Waals surface area contributed by atoms with E-state index in [9.17, 15) is 10.1 Å². The van der Waals surface area contributed by atoms with Gasteiger partial charge >= 0.3 is 0 Å². The van der Waals surface area contributed by atoms with Gasteiger partial charge in [0, 0.05) is 17.9 Å². The van der Waals surface area contributed by atoms with E-state index in [1.165, 1.54) is 29.3 Å². The number of hydrogen-bond donors (Lipinski definition) is 0.